The molecule has 5 rings (SSSR count). The molecule has 0 amide bonds. The number of benzene rings is 3. The summed E-state index contributed by atoms with van der Waals surface area (Å²) in [7, 11) is -3.70. The molecule has 0 aliphatic rings. The van der Waals surface area contributed by atoms with Crippen LogP contribution in [0.5, 0.6) is 0 Å². The molecule has 0 unspecified atom stereocenters. The minimum atomic E-state index is -3.70. The third-order valence-electron chi connectivity index (χ3n) is 7.19. The van der Waals surface area contributed by atoms with E-state index in [0.29, 0.717) is 12.3 Å². The van der Waals surface area contributed by atoms with Crippen molar-refractivity contribution in [1.82, 2.24) is 19.9 Å². The van der Waals surface area contributed by atoms with Crippen LogP contribution in [0.3, 0.4) is 0 Å². The molecule has 0 fully saturated rings. The highest BCUT2D eigenvalue weighted by molar-refractivity contribution is 7.89. The first-order valence-electron chi connectivity index (χ1n) is 13.7. The number of hydrogen-bond acceptors (Lipinski definition) is 8. The maximum Gasteiger partial charge on any atom is 0.238 e. The van der Waals surface area contributed by atoms with Crippen LogP contribution in [-0.2, 0) is 27.4 Å². The molecule has 11 heteroatoms. The molecule has 0 atom stereocenters. The van der Waals surface area contributed by atoms with Crippen molar-refractivity contribution in [3.63, 3.8) is 0 Å². The summed E-state index contributed by atoms with van der Waals surface area (Å²) < 4.78 is 29.7. The number of nitrogens with two attached hydrogens (primary N) is 1. The Morgan fingerprint density at radius 3 is 1.98 bits per heavy atom. The number of aryl methyl sites for hydroxylation is 1. The molecule has 3 aromatic carbocycles. The van der Waals surface area contributed by atoms with Gasteiger partial charge in [-0.2, -0.15) is 15.6 Å². The average molecular weight is 608 g/mol. The summed E-state index contributed by atoms with van der Waals surface area (Å²) in [4.78, 5) is 4.02. The van der Waals surface area contributed by atoms with Gasteiger partial charge in [0.25, 0.3) is 0 Å². The predicted molar refractivity (Wildman–Crippen MR) is 166 cm³/mol. The van der Waals surface area contributed by atoms with Gasteiger partial charge in [0.1, 0.15) is 24.1 Å². The van der Waals surface area contributed by atoms with Crippen LogP contribution in [0.25, 0.3) is 22.4 Å². The molecule has 2 heterocycles. The third kappa shape index (κ3) is 7.27. The quantitative estimate of drug-likeness (QED) is 0.239. The first-order valence-corrected chi connectivity index (χ1v) is 15.2. The molecule has 0 saturated carbocycles. The van der Waals surface area contributed by atoms with E-state index < -0.39 is 20.9 Å². The van der Waals surface area contributed by atoms with Crippen LogP contribution in [0.2, 0.25) is 0 Å². The molecule has 0 aliphatic carbocycles. The third-order valence-corrected chi connectivity index (χ3v) is 8.12. The molecule has 0 spiro atoms. The summed E-state index contributed by atoms with van der Waals surface area (Å²) in [6.45, 7) is 9.90. The lowest BCUT2D eigenvalue weighted by Crippen LogP contribution is -2.20. The van der Waals surface area contributed by atoms with Gasteiger partial charge in [-0.25, -0.2) is 23.2 Å². The van der Waals surface area contributed by atoms with Gasteiger partial charge in [-0.3, -0.25) is 0 Å². The Labute approximate surface area is 257 Å². The van der Waals surface area contributed by atoms with Crippen molar-refractivity contribution < 1.29 is 12.9 Å². The van der Waals surface area contributed by atoms with Crippen molar-refractivity contribution in [1.29, 1.82) is 10.5 Å². The second kappa shape index (κ2) is 12.6. The van der Waals surface area contributed by atoms with Gasteiger partial charge < -0.3 is 4.52 Å². The summed E-state index contributed by atoms with van der Waals surface area (Å²) in [5, 5.41) is 32.2. The minimum Gasteiger partial charge on any atom is -0.360 e. The Hall–Kier alpha value is -5.10. The lowest BCUT2D eigenvalue weighted by atomic mass is 9.79. The molecule has 10 nitrogen and oxygen atoms in total. The van der Waals surface area contributed by atoms with Crippen LogP contribution in [-0.4, -0.2) is 28.3 Å². The SMILES string of the molecule is CC(C)(C#N)c1cc(Cn2cncn2)cc(C(C)(C)C#N)c1.Cc1onc(-c2ccccc2)c1-c1ccc(S(N)(=O)=O)cc1. The molecule has 2 N–H and O–H groups in total. The van der Waals surface area contributed by atoms with Crippen molar-refractivity contribution in [3.8, 4) is 34.5 Å². The van der Waals surface area contributed by atoms with Crippen LogP contribution >= 0.6 is 0 Å². The van der Waals surface area contributed by atoms with Gasteiger partial charge >= 0.3 is 0 Å². The first-order chi connectivity index (χ1) is 20.7. The van der Waals surface area contributed by atoms with Crippen LogP contribution in [0.4, 0.5) is 0 Å². The van der Waals surface area contributed by atoms with E-state index >= 15 is 0 Å². The number of nitrogens with zero attached hydrogens (tertiary/aromatic N) is 6. The van der Waals surface area contributed by atoms with E-state index in [2.05, 4.69) is 27.4 Å². The smallest absolute Gasteiger partial charge is 0.238 e. The Morgan fingerprint density at radius 1 is 0.886 bits per heavy atom. The van der Waals surface area contributed by atoms with Gasteiger partial charge in [-0.05, 0) is 69.0 Å². The van der Waals surface area contributed by atoms with Crippen LogP contribution in [0.15, 0.2) is 94.9 Å². The summed E-state index contributed by atoms with van der Waals surface area (Å²) in [5.74, 6) is 0.669. The lowest BCUT2D eigenvalue weighted by Gasteiger charge is -2.23. The monoisotopic (exact) mass is 607 g/mol. The van der Waals surface area contributed by atoms with Gasteiger partial charge in [0, 0.05) is 5.56 Å². The molecule has 5 aromatic rings. The highest BCUT2D eigenvalue weighted by Crippen LogP contribution is 2.34. The summed E-state index contributed by atoms with van der Waals surface area (Å²) in [5.41, 5.74) is 4.92. The van der Waals surface area contributed by atoms with E-state index in [-0.39, 0.29) is 4.90 Å². The van der Waals surface area contributed by atoms with Gasteiger partial charge in [0.2, 0.25) is 10.0 Å². The van der Waals surface area contributed by atoms with Gasteiger partial charge in [0.15, 0.2) is 0 Å². The van der Waals surface area contributed by atoms with Crippen LogP contribution in [0, 0.1) is 29.6 Å². The molecule has 2 aromatic heterocycles. The zero-order chi connectivity index (χ0) is 32.1. The predicted octanol–water partition coefficient (Wildman–Crippen LogP) is 5.89. The Kier molecular flexibility index (Phi) is 9.14. The van der Waals surface area contributed by atoms with Crippen molar-refractivity contribution in [3.05, 3.63) is 108 Å². The fourth-order valence-corrected chi connectivity index (χ4v) is 4.97. The first kappa shape index (κ1) is 31.8. The van der Waals surface area contributed by atoms with E-state index in [0.717, 1.165) is 39.1 Å². The van der Waals surface area contributed by atoms with Crippen molar-refractivity contribution in [2.24, 2.45) is 5.14 Å². The molecule has 0 bridgehead atoms. The molecule has 0 radical (unpaired) electrons. The van der Waals surface area contributed by atoms with E-state index in [1.807, 2.05) is 83.1 Å². The number of hydrogen-bond donors (Lipinski definition) is 1. The number of aromatic nitrogens is 4. The van der Waals surface area contributed by atoms with Gasteiger partial charge in [0.05, 0.1) is 40.0 Å². The number of primary sulfonamides is 1. The summed E-state index contributed by atoms with van der Waals surface area (Å²) in [6, 6.07) is 26.6. The molecular formula is C33H33N7O3S. The minimum absolute atomic E-state index is 0.0756. The maximum absolute atomic E-state index is 11.3. The number of sulfonamides is 1. The van der Waals surface area contributed by atoms with Crippen LogP contribution in [0.1, 0.15) is 50.1 Å². The van der Waals surface area contributed by atoms with Gasteiger partial charge in [-0.1, -0.05) is 65.8 Å². The fraction of sp³-hybridized carbons (Fsp3) is 0.242. The van der Waals surface area contributed by atoms with E-state index in [4.69, 9.17) is 9.66 Å². The fourth-order valence-electron chi connectivity index (χ4n) is 4.45. The zero-order valence-electron chi connectivity index (χ0n) is 25.2. The van der Waals surface area contributed by atoms with Crippen molar-refractivity contribution in [2.45, 2.75) is 56.9 Å². The van der Waals surface area contributed by atoms with E-state index in [1.165, 1.54) is 18.5 Å². The normalized spacial score (nSPS) is 11.6. The number of rotatable bonds is 7. The second-order valence-electron chi connectivity index (χ2n) is 11.4. The van der Waals surface area contributed by atoms with Crippen molar-refractivity contribution in [2.75, 3.05) is 0 Å². The summed E-state index contributed by atoms with van der Waals surface area (Å²) >= 11 is 0. The molecular weight excluding hydrogens is 574 g/mol. The molecule has 224 valence electrons. The topological polar surface area (TPSA) is 164 Å². The molecule has 0 saturated heterocycles. The standard InChI is InChI=1S/C17H19N5.C16H14N2O3S/c1-16(2,9-18)14-5-13(8-22-12-20-11-21-22)6-15(7-14)17(3,4)10-19;1-11-15(12-7-9-14(10-8-12)22(17,19)20)16(18-21-11)13-5-3-2-4-6-13/h5-7,11-12H,8H2,1-4H3;2-10H,1H3,(H2,17,19,20). The van der Waals surface area contributed by atoms with Gasteiger partial charge in [-0.15, -0.1) is 0 Å². The van der Waals surface area contributed by atoms with Crippen molar-refractivity contribution >= 4 is 10.0 Å². The molecule has 0 aliphatic heterocycles. The van der Waals surface area contributed by atoms with Crippen LogP contribution < -0.4 is 5.14 Å². The zero-order valence-corrected chi connectivity index (χ0v) is 26.0. The second-order valence-corrected chi connectivity index (χ2v) is 12.9. The number of nitriles is 2. The Morgan fingerprint density at radius 2 is 1.48 bits per heavy atom. The maximum atomic E-state index is 11.3. The summed E-state index contributed by atoms with van der Waals surface area (Å²) in [6.07, 6.45) is 3.14. The average Bonchev–Trinajstić information content (AvgIpc) is 3.67. The van der Waals surface area contributed by atoms with E-state index in [1.54, 1.807) is 23.1 Å². The Bertz CT molecular complexity index is 1890. The van der Waals surface area contributed by atoms with E-state index in [9.17, 15) is 18.9 Å². The highest BCUT2D eigenvalue weighted by atomic mass is 32.2. The Balaban J connectivity index is 0.000000201. The molecule has 44 heavy (non-hydrogen) atoms. The lowest BCUT2D eigenvalue weighted by molar-refractivity contribution is 0.400. The highest BCUT2D eigenvalue weighted by Gasteiger charge is 2.26. The largest absolute Gasteiger partial charge is 0.360 e.